The Hall–Kier alpha value is -3.52. The molecule has 1 heterocycles. The lowest BCUT2D eigenvalue weighted by atomic mass is 10.1. The van der Waals surface area contributed by atoms with Gasteiger partial charge in [-0.1, -0.05) is 18.2 Å². The van der Waals surface area contributed by atoms with Crippen molar-refractivity contribution in [3.05, 3.63) is 76.5 Å². The molecule has 1 amide bonds. The monoisotopic (exact) mass is 380 g/mol. The molecule has 0 spiro atoms. The molecule has 0 fully saturated rings. The molecule has 1 atom stereocenters. The summed E-state index contributed by atoms with van der Waals surface area (Å²) in [6.07, 6.45) is 1.85. The Morgan fingerprint density at radius 3 is 2.50 bits per heavy atom. The fraction of sp³-hybridized carbons (Fsp3) is 0.200. The van der Waals surface area contributed by atoms with Gasteiger partial charge in [0.1, 0.15) is 0 Å². The van der Waals surface area contributed by atoms with E-state index in [1.165, 1.54) is 12.1 Å². The largest absolute Gasteiger partial charge is 0.394 e. The zero-order valence-electron chi connectivity index (χ0n) is 15.3. The number of nitrogens with one attached hydrogen (secondary N) is 1. The van der Waals surface area contributed by atoms with Crippen LogP contribution in [0.1, 0.15) is 12.5 Å². The standard InChI is InChI=1S/C20H20N4O4/c1-14(13-25)21-19(26)11-16-12-23(17-5-3-2-4-6-17)22-20(16)15-7-9-18(10-8-15)24(27)28/h2-10,12,14,25H,11,13H2,1H3,(H,21,26). The van der Waals surface area contributed by atoms with Gasteiger partial charge in [0.05, 0.1) is 29.3 Å². The molecule has 3 rings (SSSR count). The van der Waals surface area contributed by atoms with Gasteiger partial charge in [0.2, 0.25) is 5.91 Å². The summed E-state index contributed by atoms with van der Waals surface area (Å²) in [6, 6.07) is 15.2. The van der Waals surface area contributed by atoms with Crippen LogP contribution in [0.2, 0.25) is 0 Å². The molecule has 144 valence electrons. The third-order valence-corrected chi connectivity index (χ3v) is 4.19. The first-order valence-corrected chi connectivity index (χ1v) is 8.77. The Bertz CT molecular complexity index is 968. The van der Waals surface area contributed by atoms with Crippen molar-refractivity contribution in [1.82, 2.24) is 15.1 Å². The van der Waals surface area contributed by atoms with Crippen LogP contribution in [0.3, 0.4) is 0 Å². The molecule has 0 radical (unpaired) electrons. The lowest BCUT2D eigenvalue weighted by molar-refractivity contribution is -0.384. The number of aliphatic hydroxyl groups is 1. The van der Waals surface area contributed by atoms with Crippen LogP contribution in [0.4, 0.5) is 5.69 Å². The number of aromatic nitrogens is 2. The molecule has 0 aliphatic heterocycles. The Morgan fingerprint density at radius 2 is 1.89 bits per heavy atom. The first-order valence-electron chi connectivity index (χ1n) is 8.77. The molecular weight excluding hydrogens is 360 g/mol. The number of carbonyl (C=O) groups excluding carboxylic acids is 1. The van der Waals surface area contributed by atoms with Crippen molar-refractivity contribution in [3.63, 3.8) is 0 Å². The molecule has 1 unspecified atom stereocenters. The van der Waals surface area contributed by atoms with Crippen LogP contribution in [0.5, 0.6) is 0 Å². The van der Waals surface area contributed by atoms with Gasteiger partial charge in [-0.05, 0) is 31.2 Å². The van der Waals surface area contributed by atoms with Gasteiger partial charge < -0.3 is 10.4 Å². The molecule has 2 aromatic carbocycles. The quantitative estimate of drug-likeness (QED) is 0.483. The molecule has 28 heavy (non-hydrogen) atoms. The minimum Gasteiger partial charge on any atom is -0.394 e. The van der Waals surface area contributed by atoms with E-state index in [0.717, 1.165) is 5.69 Å². The number of para-hydroxylation sites is 1. The summed E-state index contributed by atoms with van der Waals surface area (Å²) in [7, 11) is 0. The minimum atomic E-state index is -0.461. The second-order valence-electron chi connectivity index (χ2n) is 6.41. The number of amides is 1. The number of hydrogen-bond donors (Lipinski definition) is 2. The smallest absolute Gasteiger partial charge is 0.269 e. The van der Waals surface area contributed by atoms with Gasteiger partial charge in [0.25, 0.3) is 5.69 Å². The van der Waals surface area contributed by atoms with Crippen LogP contribution in [0, 0.1) is 10.1 Å². The van der Waals surface area contributed by atoms with E-state index in [1.54, 1.807) is 29.9 Å². The van der Waals surface area contributed by atoms with Crippen LogP contribution in [-0.4, -0.2) is 38.4 Å². The number of nitro benzene ring substituents is 1. The number of nitro groups is 1. The van der Waals surface area contributed by atoms with E-state index in [9.17, 15) is 14.9 Å². The van der Waals surface area contributed by atoms with Gasteiger partial charge in [0, 0.05) is 35.5 Å². The predicted octanol–water partition coefficient (Wildman–Crippen LogP) is 2.49. The number of nitrogens with zero attached hydrogens (tertiary/aromatic N) is 3. The van der Waals surface area contributed by atoms with Crippen LogP contribution < -0.4 is 5.32 Å². The second kappa shape index (κ2) is 8.45. The van der Waals surface area contributed by atoms with E-state index in [2.05, 4.69) is 10.4 Å². The third-order valence-electron chi connectivity index (χ3n) is 4.19. The summed E-state index contributed by atoms with van der Waals surface area (Å²) < 4.78 is 1.68. The second-order valence-corrected chi connectivity index (χ2v) is 6.41. The Balaban J connectivity index is 1.97. The van der Waals surface area contributed by atoms with Crippen molar-refractivity contribution >= 4 is 11.6 Å². The van der Waals surface area contributed by atoms with Crippen LogP contribution in [0.25, 0.3) is 16.9 Å². The van der Waals surface area contributed by atoms with E-state index in [0.29, 0.717) is 16.8 Å². The van der Waals surface area contributed by atoms with Gasteiger partial charge >= 0.3 is 0 Å². The molecule has 0 aliphatic carbocycles. The van der Waals surface area contributed by atoms with Crippen molar-refractivity contribution < 1.29 is 14.8 Å². The van der Waals surface area contributed by atoms with E-state index in [-0.39, 0.29) is 30.7 Å². The summed E-state index contributed by atoms with van der Waals surface area (Å²) in [5.74, 6) is -0.239. The highest BCUT2D eigenvalue weighted by Gasteiger charge is 2.17. The predicted molar refractivity (Wildman–Crippen MR) is 104 cm³/mol. The SMILES string of the molecule is CC(CO)NC(=O)Cc1cn(-c2ccccc2)nc1-c1ccc([N+](=O)[O-])cc1. The van der Waals surface area contributed by atoms with E-state index < -0.39 is 4.92 Å². The van der Waals surface area contributed by atoms with Crippen LogP contribution >= 0.6 is 0 Å². The van der Waals surface area contributed by atoms with Crippen molar-refractivity contribution in [2.75, 3.05) is 6.61 Å². The highest BCUT2D eigenvalue weighted by atomic mass is 16.6. The lowest BCUT2D eigenvalue weighted by Crippen LogP contribution is -2.36. The molecule has 0 saturated carbocycles. The van der Waals surface area contributed by atoms with Crippen molar-refractivity contribution in [3.8, 4) is 16.9 Å². The Labute approximate surface area is 161 Å². The highest BCUT2D eigenvalue weighted by molar-refractivity contribution is 5.81. The average Bonchev–Trinajstić information content (AvgIpc) is 3.12. The number of carbonyl (C=O) groups is 1. The summed E-state index contributed by atoms with van der Waals surface area (Å²) in [6.45, 7) is 1.56. The maximum atomic E-state index is 12.3. The molecular formula is C20H20N4O4. The maximum absolute atomic E-state index is 12.3. The molecule has 3 aromatic rings. The molecule has 2 N–H and O–H groups in total. The van der Waals surface area contributed by atoms with E-state index in [4.69, 9.17) is 5.11 Å². The summed E-state index contributed by atoms with van der Waals surface area (Å²) >= 11 is 0. The Kier molecular flexibility index (Phi) is 5.81. The summed E-state index contributed by atoms with van der Waals surface area (Å²) in [5.41, 5.74) is 2.76. The molecule has 0 saturated heterocycles. The molecule has 8 nitrogen and oxygen atoms in total. The van der Waals surface area contributed by atoms with Crippen molar-refractivity contribution in [1.29, 1.82) is 0 Å². The first kappa shape index (κ1) is 19.2. The van der Waals surface area contributed by atoms with Gasteiger partial charge in [-0.25, -0.2) is 4.68 Å². The average molecular weight is 380 g/mol. The van der Waals surface area contributed by atoms with Crippen molar-refractivity contribution in [2.24, 2.45) is 0 Å². The van der Waals surface area contributed by atoms with E-state index >= 15 is 0 Å². The summed E-state index contributed by atoms with van der Waals surface area (Å²) in [5, 5.41) is 27.3. The van der Waals surface area contributed by atoms with Gasteiger partial charge in [-0.2, -0.15) is 5.10 Å². The van der Waals surface area contributed by atoms with Crippen molar-refractivity contribution in [2.45, 2.75) is 19.4 Å². The normalized spacial score (nSPS) is 11.8. The molecule has 1 aromatic heterocycles. The molecule has 0 aliphatic rings. The molecule has 8 heteroatoms. The number of aliphatic hydroxyl groups excluding tert-OH is 1. The van der Waals surface area contributed by atoms with Gasteiger partial charge in [-0.15, -0.1) is 0 Å². The Morgan fingerprint density at radius 1 is 1.21 bits per heavy atom. The topological polar surface area (TPSA) is 110 Å². The lowest BCUT2D eigenvalue weighted by Gasteiger charge is -2.10. The van der Waals surface area contributed by atoms with Crippen LogP contribution in [-0.2, 0) is 11.2 Å². The number of benzene rings is 2. The fourth-order valence-electron chi connectivity index (χ4n) is 2.78. The zero-order valence-corrected chi connectivity index (χ0v) is 15.3. The van der Waals surface area contributed by atoms with Crippen LogP contribution in [0.15, 0.2) is 60.8 Å². The van der Waals surface area contributed by atoms with Gasteiger partial charge in [-0.3, -0.25) is 14.9 Å². The minimum absolute atomic E-state index is 0.0118. The fourth-order valence-corrected chi connectivity index (χ4v) is 2.78. The molecule has 0 bridgehead atoms. The first-order chi connectivity index (χ1) is 13.5. The zero-order chi connectivity index (χ0) is 20.1. The third kappa shape index (κ3) is 4.41. The van der Waals surface area contributed by atoms with E-state index in [1.807, 2.05) is 30.3 Å². The maximum Gasteiger partial charge on any atom is 0.269 e. The number of hydrogen-bond acceptors (Lipinski definition) is 5. The number of non-ortho nitro benzene ring substituents is 1. The number of rotatable bonds is 7. The highest BCUT2D eigenvalue weighted by Crippen LogP contribution is 2.26. The van der Waals surface area contributed by atoms with Gasteiger partial charge in [0.15, 0.2) is 0 Å². The summed E-state index contributed by atoms with van der Waals surface area (Å²) in [4.78, 5) is 22.7.